The molecule has 0 aliphatic carbocycles. The van der Waals surface area contributed by atoms with Crippen molar-refractivity contribution in [2.45, 2.75) is 52.2 Å². The van der Waals surface area contributed by atoms with Gasteiger partial charge in [0.15, 0.2) is 0 Å². The quantitative estimate of drug-likeness (QED) is 0.670. The standard InChI is InChI=1S/C11H19NO/c1-8(4-5-12)6-11-7-9(2)13-10(11)3/h8-11H,4,6-7H2,1-3H3/t8-,9+,10+,11?/m1/s1. The van der Waals surface area contributed by atoms with Gasteiger partial charge in [-0.25, -0.2) is 0 Å². The van der Waals surface area contributed by atoms with Crippen molar-refractivity contribution >= 4 is 0 Å². The molecule has 0 aromatic heterocycles. The summed E-state index contributed by atoms with van der Waals surface area (Å²) in [6, 6.07) is 2.23. The molecule has 4 atom stereocenters. The van der Waals surface area contributed by atoms with Crippen molar-refractivity contribution in [3.05, 3.63) is 0 Å². The number of nitriles is 1. The summed E-state index contributed by atoms with van der Waals surface area (Å²) in [5, 5.41) is 8.55. The first kappa shape index (κ1) is 10.5. The summed E-state index contributed by atoms with van der Waals surface area (Å²) in [5.41, 5.74) is 0. The van der Waals surface area contributed by atoms with Gasteiger partial charge in [0, 0.05) is 6.42 Å². The predicted octanol–water partition coefficient (Wildman–Crippen LogP) is 2.74. The number of hydrogen-bond donors (Lipinski definition) is 0. The van der Waals surface area contributed by atoms with Gasteiger partial charge in [-0.15, -0.1) is 0 Å². The molecule has 1 aliphatic heterocycles. The molecule has 1 fully saturated rings. The summed E-state index contributed by atoms with van der Waals surface area (Å²) in [7, 11) is 0. The van der Waals surface area contributed by atoms with Crippen LogP contribution < -0.4 is 0 Å². The van der Waals surface area contributed by atoms with Crippen molar-refractivity contribution in [1.29, 1.82) is 5.26 Å². The second-order valence-electron chi connectivity index (χ2n) is 4.35. The zero-order chi connectivity index (χ0) is 9.84. The van der Waals surface area contributed by atoms with E-state index in [1.807, 2.05) is 0 Å². The fraction of sp³-hybridized carbons (Fsp3) is 0.909. The monoisotopic (exact) mass is 181 g/mol. The van der Waals surface area contributed by atoms with Crippen LogP contribution in [0.4, 0.5) is 0 Å². The second kappa shape index (κ2) is 4.62. The van der Waals surface area contributed by atoms with Crippen LogP contribution in [0.1, 0.15) is 40.0 Å². The number of nitrogens with zero attached hydrogens (tertiary/aromatic N) is 1. The van der Waals surface area contributed by atoms with E-state index < -0.39 is 0 Å². The Morgan fingerprint density at radius 1 is 1.54 bits per heavy atom. The van der Waals surface area contributed by atoms with E-state index in [4.69, 9.17) is 10.00 Å². The van der Waals surface area contributed by atoms with Crippen LogP contribution in [0.25, 0.3) is 0 Å². The molecule has 1 heterocycles. The van der Waals surface area contributed by atoms with Crippen molar-refractivity contribution < 1.29 is 4.74 Å². The van der Waals surface area contributed by atoms with E-state index in [-0.39, 0.29) is 0 Å². The summed E-state index contributed by atoms with van der Waals surface area (Å²) < 4.78 is 5.67. The zero-order valence-electron chi connectivity index (χ0n) is 8.79. The molecular formula is C11H19NO. The molecule has 0 aromatic rings. The molecule has 2 nitrogen and oxygen atoms in total. The molecule has 0 radical (unpaired) electrons. The van der Waals surface area contributed by atoms with Crippen molar-refractivity contribution in [2.75, 3.05) is 0 Å². The van der Waals surface area contributed by atoms with Crippen LogP contribution in [0.3, 0.4) is 0 Å². The van der Waals surface area contributed by atoms with E-state index in [2.05, 4.69) is 26.8 Å². The van der Waals surface area contributed by atoms with Crippen LogP contribution in [-0.2, 0) is 4.74 Å². The van der Waals surface area contributed by atoms with Crippen LogP contribution >= 0.6 is 0 Å². The van der Waals surface area contributed by atoms with Crippen LogP contribution in [-0.4, -0.2) is 12.2 Å². The summed E-state index contributed by atoms with van der Waals surface area (Å²) in [6.45, 7) is 6.43. The lowest BCUT2D eigenvalue weighted by atomic mass is 9.89. The molecule has 0 aromatic carbocycles. The van der Waals surface area contributed by atoms with E-state index in [1.165, 1.54) is 0 Å². The SMILES string of the molecule is C[C@H](CC#N)CC1C[C@H](C)O[C@H]1C. The molecule has 1 rings (SSSR count). The van der Waals surface area contributed by atoms with Gasteiger partial charge in [-0.1, -0.05) is 6.92 Å². The summed E-state index contributed by atoms with van der Waals surface area (Å²) >= 11 is 0. The largest absolute Gasteiger partial charge is 0.375 e. The Morgan fingerprint density at radius 3 is 2.69 bits per heavy atom. The van der Waals surface area contributed by atoms with E-state index in [1.54, 1.807) is 0 Å². The van der Waals surface area contributed by atoms with Gasteiger partial charge in [-0.05, 0) is 38.5 Å². The molecule has 0 N–H and O–H groups in total. The highest BCUT2D eigenvalue weighted by molar-refractivity contribution is 4.81. The van der Waals surface area contributed by atoms with E-state index in [0.717, 1.165) is 12.8 Å². The minimum atomic E-state index is 0.385. The van der Waals surface area contributed by atoms with Gasteiger partial charge in [0.2, 0.25) is 0 Å². The maximum Gasteiger partial charge on any atom is 0.0624 e. The predicted molar refractivity (Wildman–Crippen MR) is 52.1 cm³/mol. The van der Waals surface area contributed by atoms with Crippen LogP contribution in [0, 0.1) is 23.2 Å². The van der Waals surface area contributed by atoms with Gasteiger partial charge < -0.3 is 4.74 Å². The van der Waals surface area contributed by atoms with E-state index in [0.29, 0.717) is 30.5 Å². The summed E-state index contributed by atoms with van der Waals surface area (Å²) in [5.74, 6) is 1.18. The molecule has 2 heteroatoms. The molecule has 74 valence electrons. The lowest BCUT2D eigenvalue weighted by Gasteiger charge is -2.16. The topological polar surface area (TPSA) is 33.0 Å². The van der Waals surface area contributed by atoms with Gasteiger partial charge in [0.05, 0.1) is 18.3 Å². The molecule has 0 spiro atoms. The fourth-order valence-electron chi connectivity index (χ4n) is 2.19. The normalized spacial score (nSPS) is 35.7. The first-order valence-corrected chi connectivity index (χ1v) is 5.16. The van der Waals surface area contributed by atoms with E-state index in [9.17, 15) is 0 Å². The Bertz CT molecular complexity index is 197. The van der Waals surface area contributed by atoms with Crippen LogP contribution in [0.15, 0.2) is 0 Å². The Balaban J connectivity index is 2.33. The third-order valence-corrected chi connectivity index (χ3v) is 2.89. The molecule has 0 bridgehead atoms. The lowest BCUT2D eigenvalue weighted by Crippen LogP contribution is -2.14. The zero-order valence-corrected chi connectivity index (χ0v) is 8.79. The minimum absolute atomic E-state index is 0.385. The Hall–Kier alpha value is -0.550. The average Bonchev–Trinajstić information content (AvgIpc) is 2.30. The van der Waals surface area contributed by atoms with Crippen LogP contribution in [0.5, 0.6) is 0 Å². The molecule has 0 amide bonds. The van der Waals surface area contributed by atoms with Gasteiger partial charge in [0.25, 0.3) is 0 Å². The van der Waals surface area contributed by atoms with Crippen LogP contribution in [0.2, 0.25) is 0 Å². The van der Waals surface area contributed by atoms with Crippen molar-refractivity contribution in [1.82, 2.24) is 0 Å². The molecular weight excluding hydrogens is 162 g/mol. The highest BCUT2D eigenvalue weighted by Crippen LogP contribution is 2.31. The molecule has 13 heavy (non-hydrogen) atoms. The maximum atomic E-state index is 8.55. The number of ether oxygens (including phenoxy) is 1. The lowest BCUT2D eigenvalue weighted by molar-refractivity contribution is 0.0532. The van der Waals surface area contributed by atoms with Crippen molar-refractivity contribution in [3.8, 4) is 6.07 Å². The van der Waals surface area contributed by atoms with Gasteiger partial charge in [-0.3, -0.25) is 0 Å². The first-order chi connectivity index (χ1) is 6.13. The Labute approximate surface area is 80.9 Å². The fourth-order valence-corrected chi connectivity index (χ4v) is 2.19. The third kappa shape index (κ3) is 3.00. The highest BCUT2D eigenvalue weighted by Gasteiger charge is 2.30. The Kier molecular flexibility index (Phi) is 3.74. The van der Waals surface area contributed by atoms with Crippen molar-refractivity contribution in [2.24, 2.45) is 11.8 Å². The molecule has 1 unspecified atom stereocenters. The smallest absolute Gasteiger partial charge is 0.0624 e. The van der Waals surface area contributed by atoms with Gasteiger partial charge in [0.1, 0.15) is 0 Å². The second-order valence-corrected chi connectivity index (χ2v) is 4.35. The van der Waals surface area contributed by atoms with Gasteiger partial charge >= 0.3 is 0 Å². The number of hydrogen-bond acceptors (Lipinski definition) is 2. The summed E-state index contributed by atoms with van der Waals surface area (Å²) in [6.07, 6.45) is 3.78. The minimum Gasteiger partial charge on any atom is -0.375 e. The average molecular weight is 181 g/mol. The van der Waals surface area contributed by atoms with E-state index >= 15 is 0 Å². The highest BCUT2D eigenvalue weighted by atomic mass is 16.5. The molecule has 0 saturated carbocycles. The third-order valence-electron chi connectivity index (χ3n) is 2.89. The summed E-state index contributed by atoms with van der Waals surface area (Å²) in [4.78, 5) is 0. The van der Waals surface area contributed by atoms with Crippen molar-refractivity contribution in [3.63, 3.8) is 0 Å². The number of rotatable bonds is 3. The first-order valence-electron chi connectivity index (χ1n) is 5.16. The van der Waals surface area contributed by atoms with Gasteiger partial charge in [-0.2, -0.15) is 5.26 Å². The molecule has 1 aliphatic rings. The molecule has 1 saturated heterocycles. The Morgan fingerprint density at radius 2 is 2.23 bits per heavy atom. The maximum absolute atomic E-state index is 8.55.